The average molecular weight is 287 g/mol. The molecule has 4 heteroatoms. The molecule has 1 aromatic carbocycles. The van der Waals surface area contributed by atoms with Gasteiger partial charge in [-0.3, -0.25) is 4.79 Å². The summed E-state index contributed by atoms with van der Waals surface area (Å²) in [6.07, 6.45) is 0.812. The Hall–Kier alpha value is -1.39. The van der Waals surface area contributed by atoms with Crippen LogP contribution in [0.5, 0.6) is 0 Å². The minimum Gasteiger partial charge on any atom is -0.339 e. The number of rotatable bonds is 2. The van der Waals surface area contributed by atoms with E-state index in [9.17, 15) is 4.79 Å². The SMILES string of the molecule is CC1CN(C(=O)[C@H]2Cc3ccccc3CN2)CC1N(C)C. The lowest BCUT2D eigenvalue weighted by atomic mass is 9.95. The van der Waals surface area contributed by atoms with Crippen molar-refractivity contribution < 1.29 is 4.79 Å². The van der Waals surface area contributed by atoms with Gasteiger partial charge in [-0.2, -0.15) is 0 Å². The highest BCUT2D eigenvalue weighted by Crippen LogP contribution is 2.23. The Morgan fingerprint density at radius 2 is 1.95 bits per heavy atom. The van der Waals surface area contributed by atoms with Gasteiger partial charge < -0.3 is 15.1 Å². The van der Waals surface area contributed by atoms with Crippen molar-refractivity contribution in [3.8, 4) is 0 Å². The zero-order valence-electron chi connectivity index (χ0n) is 13.2. The summed E-state index contributed by atoms with van der Waals surface area (Å²) in [5.41, 5.74) is 2.63. The Morgan fingerprint density at radius 1 is 1.24 bits per heavy atom. The molecule has 0 radical (unpaired) electrons. The van der Waals surface area contributed by atoms with Crippen molar-refractivity contribution in [3.05, 3.63) is 35.4 Å². The van der Waals surface area contributed by atoms with Gasteiger partial charge in [0.15, 0.2) is 0 Å². The number of benzene rings is 1. The molecular weight excluding hydrogens is 262 g/mol. The first-order valence-corrected chi connectivity index (χ1v) is 7.81. The maximum Gasteiger partial charge on any atom is 0.240 e. The van der Waals surface area contributed by atoms with E-state index in [2.05, 4.69) is 55.5 Å². The lowest BCUT2D eigenvalue weighted by Gasteiger charge is -2.29. The van der Waals surface area contributed by atoms with E-state index in [-0.39, 0.29) is 11.9 Å². The molecule has 114 valence electrons. The van der Waals surface area contributed by atoms with E-state index in [1.54, 1.807) is 0 Å². The van der Waals surface area contributed by atoms with Crippen molar-refractivity contribution in [3.63, 3.8) is 0 Å². The van der Waals surface area contributed by atoms with Crippen LogP contribution in [0.1, 0.15) is 18.1 Å². The lowest BCUT2D eigenvalue weighted by molar-refractivity contribution is -0.132. The van der Waals surface area contributed by atoms with Crippen molar-refractivity contribution >= 4 is 5.91 Å². The van der Waals surface area contributed by atoms with E-state index in [0.717, 1.165) is 26.1 Å². The molecule has 4 nitrogen and oxygen atoms in total. The van der Waals surface area contributed by atoms with Gasteiger partial charge in [-0.25, -0.2) is 0 Å². The van der Waals surface area contributed by atoms with E-state index in [1.807, 2.05) is 4.90 Å². The summed E-state index contributed by atoms with van der Waals surface area (Å²) in [6, 6.07) is 8.82. The number of likely N-dealkylation sites (tertiary alicyclic amines) is 1. The van der Waals surface area contributed by atoms with Crippen LogP contribution in [0.25, 0.3) is 0 Å². The number of nitrogens with one attached hydrogen (secondary N) is 1. The molecular formula is C17H25N3O. The van der Waals surface area contributed by atoms with Gasteiger partial charge in [-0.05, 0) is 37.6 Å². The van der Waals surface area contributed by atoms with Crippen LogP contribution in [0.4, 0.5) is 0 Å². The Kier molecular flexibility index (Phi) is 4.00. The standard InChI is InChI=1S/C17H25N3O/c1-12-10-20(11-16(12)19(2)3)17(21)15-8-13-6-4-5-7-14(13)9-18-15/h4-7,12,15-16,18H,8-11H2,1-3H3/t12?,15-,16?/m1/s1. The molecule has 2 aliphatic rings. The summed E-state index contributed by atoms with van der Waals surface area (Å²) in [4.78, 5) is 17.0. The second-order valence-corrected chi connectivity index (χ2v) is 6.66. The minimum absolute atomic E-state index is 0.0620. The number of carbonyl (C=O) groups is 1. The first-order valence-electron chi connectivity index (χ1n) is 7.81. The monoisotopic (exact) mass is 287 g/mol. The van der Waals surface area contributed by atoms with E-state index in [4.69, 9.17) is 0 Å². The number of nitrogens with zero attached hydrogens (tertiary/aromatic N) is 2. The molecule has 1 aromatic rings. The Bertz CT molecular complexity index is 529. The highest BCUT2D eigenvalue weighted by Gasteiger charge is 2.36. The number of hydrogen-bond acceptors (Lipinski definition) is 3. The first kappa shape index (κ1) is 14.5. The zero-order chi connectivity index (χ0) is 15.0. The third-order valence-corrected chi connectivity index (χ3v) is 4.93. The molecule has 1 fully saturated rings. The number of likely N-dealkylation sites (N-methyl/N-ethyl adjacent to an activating group) is 1. The van der Waals surface area contributed by atoms with Crippen LogP contribution in [-0.4, -0.2) is 55.0 Å². The van der Waals surface area contributed by atoms with Crippen LogP contribution in [-0.2, 0) is 17.8 Å². The van der Waals surface area contributed by atoms with Crippen molar-refractivity contribution in [2.45, 2.75) is 32.0 Å². The van der Waals surface area contributed by atoms with Gasteiger partial charge in [-0.15, -0.1) is 0 Å². The van der Waals surface area contributed by atoms with E-state index in [1.165, 1.54) is 11.1 Å². The van der Waals surface area contributed by atoms with E-state index < -0.39 is 0 Å². The van der Waals surface area contributed by atoms with Crippen LogP contribution < -0.4 is 5.32 Å². The smallest absolute Gasteiger partial charge is 0.240 e. The number of fused-ring (bicyclic) bond motifs is 1. The molecule has 3 rings (SSSR count). The van der Waals surface area contributed by atoms with Gasteiger partial charge >= 0.3 is 0 Å². The van der Waals surface area contributed by atoms with Crippen LogP contribution >= 0.6 is 0 Å². The van der Waals surface area contributed by atoms with Crippen molar-refractivity contribution in [1.82, 2.24) is 15.1 Å². The molecule has 0 spiro atoms. The molecule has 2 aliphatic heterocycles. The predicted octanol–water partition coefficient (Wildman–Crippen LogP) is 1.11. The summed E-state index contributed by atoms with van der Waals surface area (Å²) in [5, 5.41) is 3.41. The van der Waals surface area contributed by atoms with Crippen LogP contribution in [0, 0.1) is 5.92 Å². The van der Waals surface area contributed by atoms with Crippen molar-refractivity contribution in [2.24, 2.45) is 5.92 Å². The lowest BCUT2D eigenvalue weighted by Crippen LogP contribution is -2.49. The third kappa shape index (κ3) is 2.83. The van der Waals surface area contributed by atoms with E-state index >= 15 is 0 Å². The molecule has 0 bridgehead atoms. The zero-order valence-corrected chi connectivity index (χ0v) is 13.2. The Morgan fingerprint density at radius 3 is 2.62 bits per heavy atom. The molecule has 1 N–H and O–H groups in total. The number of hydrogen-bond donors (Lipinski definition) is 1. The van der Waals surface area contributed by atoms with Gasteiger partial charge in [-0.1, -0.05) is 31.2 Å². The predicted molar refractivity (Wildman–Crippen MR) is 84.0 cm³/mol. The summed E-state index contributed by atoms with van der Waals surface area (Å²) >= 11 is 0. The topological polar surface area (TPSA) is 35.6 Å². The number of amides is 1. The van der Waals surface area contributed by atoms with Crippen LogP contribution in [0.2, 0.25) is 0 Å². The minimum atomic E-state index is -0.0620. The molecule has 0 aromatic heterocycles. The quantitative estimate of drug-likeness (QED) is 0.885. The molecule has 21 heavy (non-hydrogen) atoms. The van der Waals surface area contributed by atoms with Gasteiger partial charge in [0.25, 0.3) is 0 Å². The molecule has 0 saturated carbocycles. The molecule has 2 heterocycles. The third-order valence-electron chi connectivity index (χ3n) is 4.93. The highest BCUT2D eigenvalue weighted by molar-refractivity contribution is 5.83. The van der Waals surface area contributed by atoms with E-state index in [0.29, 0.717) is 12.0 Å². The summed E-state index contributed by atoms with van der Waals surface area (Å²) in [7, 11) is 4.20. The highest BCUT2D eigenvalue weighted by atomic mass is 16.2. The Balaban J connectivity index is 1.68. The molecule has 3 atom stereocenters. The van der Waals surface area contributed by atoms with Crippen molar-refractivity contribution in [1.29, 1.82) is 0 Å². The first-order chi connectivity index (χ1) is 10.1. The van der Waals surface area contributed by atoms with Crippen molar-refractivity contribution in [2.75, 3.05) is 27.2 Å². The van der Waals surface area contributed by atoms with Gasteiger partial charge in [0.05, 0.1) is 6.04 Å². The average Bonchev–Trinajstić information content (AvgIpc) is 2.88. The van der Waals surface area contributed by atoms with Gasteiger partial charge in [0, 0.05) is 25.7 Å². The second-order valence-electron chi connectivity index (χ2n) is 6.66. The fourth-order valence-electron chi connectivity index (χ4n) is 3.65. The maximum absolute atomic E-state index is 12.8. The fourth-order valence-corrected chi connectivity index (χ4v) is 3.65. The molecule has 1 saturated heterocycles. The number of carbonyl (C=O) groups excluding carboxylic acids is 1. The Labute approximate surface area is 127 Å². The van der Waals surface area contributed by atoms with Crippen LogP contribution in [0.15, 0.2) is 24.3 Å². The summed E-state index contributed by atoms with van der Waals surface area (Å²) < 4.78 is 0. The second kappa shape index (κ2) is 5.78. The van der Waals surface area contributed by atoms with Crippen LogP contribution in [0.3, 0.4) is 0 Å². The maximum atomic E-state index is 12.8. The fraction of sp³-hybridized carbons (Fsp3) is 0.588. The summed E-state index contributed by atoms with van der Waals surface area (Å²) in [6.45, 7) is 4.77. The normalized spacial score (nSPS) is 28.8. The molecule has 2 unspecified atom stereocenters. The largest absolute Gasteiger partial charge is 0.339 e. The summed E-state index contributed by atoms with van der Waals surface area (Å²) in [5.74, 6) is 0.806. The van der Waals surface area contributed by atoms with Gasteiger partial charge in [0.1, 0.15) is 0 Å². The van der Waals surface area contributed by atoms with Gasteiger partial charge in [0.2, 0.25) is 5.91 Å². The molecule has 0 aliphatic carbocycles. The molecule has 1 amide bonds.